The molecule has 0 aliphatic heterocycles. The Morgan fingerprint density at radius 2 is 2.11 bits per heavy atom. The van der Waals surface area contributed by atoms with Crippen LogP contribution in [0.15, 0.2) is 35.5 Å². The number of pyridine rings is 1. The number of aromatic nitrogens is 1. The van der Waals surface area contributed by atoms with Crippen molar-refractivity contribution in [3.63, 3.8) is 0 Å². The molecule has 2 rings (SSSR count). The Hall–Kier alpha value is -2.47. The molecule has 19 heavy (non-hydrogen) atoms. The molecule has 0 aliphatic carbocycles. The predicted octanol–water partition coefficient (Wildman–Crippen LogP) is 1.67. The van der Waals surface area contributed by atoms with E-state index in [-0.39, 0.29) is 0 Å². The van der Waals surface area contributed by atoms with Gasteiger partial charge in [0.25, 0.3) is 5.95 Å². The number of rotatable bonds is 3. The summed E-state index contributed by atoms with van der Waals surface area (Å²) in [5.41, 5.74) is 13.7. The Balaban J connectivity index is 2.48. The molecule has 5 N–H and O–H groups in total. The van der Waals surface area contributed by atoms with Gasteiger partial charge in [-0.2, -0.15) is 4.39 Å². The number of benzene rings is 1. The van der Waals surface area contributed by atoms with Gasteiger partial charge in [-0.05, 0) is 29.3 Å². The van der Waals surface area contributed by atoms with Crippen molar-refractivity contribution in [2.45, 2.75) is 6.54 Å². The lowest BCUT2D eigenvalue weighted by atomic mass is 10.0. The number of hydrogen-bond acceptors (Lipinski definition) is 4. The van der Waals surface area contributed by atoms with Crippen LogP contribution in [-0.4, -0.2) is 16.4 Å². The second-order valence-corrected chi connectivity index (χ2v) is 3.86. The summed E-state index contributed by atoms with van der Waals surface area (Å²) in [6.45, 7) is 0.293. The normalized spacial score (nSPS) is 11.1. The Morgan fingerprint density at radius 3 is 2.74 bits per heavy atom. The van der Waals surface area contributed by atoms with Gasteiger partial charge >= 0.3 is 0 Å². The summed E-state index contributed by atoms with van der Waals surface area (Å²) in [6, 6.07) is 6.64. The molecule has 0 unspecified atom stereocenters. The maximum atomic E-state index is 12.9. The van der Waals surface area contributed by atoms with Crippen LogP contribution in [0.5, 0.6) is 5.75 Å². The minimum Gasteiger partial charge on any atom is -0.504 e. The standard InChI is InChI=1S/C13H13FN4O/c14-13-12(19)4-10(6-17-13)8-1-2-11(18-7-16)9(3-8)5-15/h1-4,6-7,19H,5,15H2,(H2,16,18). The summed E-state index contributed by atoms with van der Waals surface area (Å²) >= 11 is 0. The summed E-state index contributed by atoms with van der Waals surface area (Å²) in [5.74, 6) is -1.39. The van der Waals surface area contributed by atoms with Gasteiger partial charge in [-0.15, -0.1) is 0 Å². The lowest BCUT2D eigenvalue weighted by molar-refractivity contribution is 0.419. The van der Waals surface area contributed by atoms with E-state index in [9.17, 15) is 9.50 Å². The zero-order valence-corrected chi connectivity index (χ0v) is 10.0. The Kier molecular flexibility index (Phi) is 3.72. The van der Waals surface area contributed by atoms with Crippen LogP contribution in [0, 0.1) is 5.95 Å². The van der Waals surface area contributed by atoms with Crippen molar-refractivity contribution >= 4 is 12.0 Å². The van der Waals surface area contributed by atoms with Crippen LogP contribution in [0.1, 0.15) is 5.56 Å². The van der Waals surface area contributed by atoms with E-state index >= 15 is 0 Å². The maximum Gasteiger partial charge on any atom is 0.255 e. The van der Waals surface area contributed by atoms with E-state index in [4.69, 9.17) is 11.5 Å². The van der Waals surface area contributed by atoms with Gasteiger partial charge in [0.2, 0.25) is 0 Å². The average Bonchev–Trinajstić information content (AvgIpc) is 2.42. The van der Waals surface area contributed by atoms with Crippen LogP contribution in [-0.2, 0) is 6.54 Å². The first-order valence-corrected chi connectivity index (χ1v) is 5.58. The number of aromatic hydroxyl groups is 1. The van der Waals surface area contributed by atoms with Crippen LogP contribution in [0.4, 0.5) is 10.1 Å². The SMILES string of the molecule is NC=Nc1ccc(-c2cnc(F)c(O)c2)cc1CN. The van der Waals surface area contributed by atoms with Crippen LogP contribution in [0.3, 0.4) is 0 Å². The van der Waals surface area contributed by atoms with Crippen molar-refractivity contribution in [1.82, 2.24) is 4.98 Å². The molecule has 0 amide bonds. The molecule has 0 spiro atoms. The first-order chi connectivity index (χ1) is 9.15. The van der Waals surface area contributed by atoms with Gasteiger partial charge in [0.1, 0.15) is 0 Å². The second kappa shape index (κ2) is 5.45. The molecule has 0 radical (unpaired) electrons. The highest BCUT2D eigenvalue weighted by atomic mass is 19.1. The van der Waals surface area contributed by atoms with Crippen LogP contribution >= 0.6 is 0 Å². The van der Waals surface area contributed by atoms with Gasteiger partial charge in [-0.3, -0.25) is 0 Å². The van der Waals surface area contributed by atoms with Gasteiger partial charge in [0, 0.05) is 18.3 Å². The number of nitrogens with two attached hydrogens (primary N) is 2. The Labute approximate surface area is 109 Å². The molecular weight excluding hydrogens is 247 g/mol. The molecule has 1 aromatic heterocycles. The molecule has 0 bridgehead atoms. The molecule has 0 fully saturated rings. The minimum absolute atomic E-state index is 0.293. The fraction of sp³-hybridized carbons (Fsp3) is 0.0769. The first kappa shape index (κ1) is 13.0. The van der Waals surface area contributed by atoms with E-state index in [2.05, 4.69) is 9.98 Å². The second-order valence-electron chi connectivity index (χ2n) is 3.86. The van der Waals surface area contributed by atoms with Crippen molar-refractivity contribution in [3.8, 4) is 16.9 Å². The average molecular weight is 260 g/mol. The summed E-state index contributed by atoms with van der Waals surface area (Å²) in [5, 5.41) is 9.32. The highest BCUT2D eigenvalue weighted by Gasteiger charge is 2.07. The van der Waals surface area contributed by atoms with Crippen molar-refractivity contribution in [1.29, 1.82) is 0 Å². The summed E-state index contributed by atoms with van der Waals surface area (Å²) in [4.78, 5) is 7.46. The Morgan fingerprint density at radius 1 is 1.32 bits per heavy atom. The number of halogens is 1. The van der Waals surface area contributed by atoms with Crippen molar-refractivity contribution in [2.75, 3.05) is 0 Å². The molecule has 0 atom stereocenters. The third kappa shape index (κ3) is 2.69. The zero-order valence-electron chi connectivity index (χ0n) is 10.0. The van der Waals surface area contributed by atoms with Gasteiger partial charge < -0.3 is 16.6 Å². The van der Waals surface area contributed by atoms with Gasteiger partial charge in [0.15, 0.2) is 5.75 Å². The third-order valence-electron chi connectivity index (χ3n) is 2.67. The number of aliphatic imine (C=N–C) groups is 1. The maximum absolute atomic E-state index is 12.9. The fourth-order valence-electron chi connectivity index (χ4n) is 1.73. The van der Waals surface area contributed by atoms with E-state index in [1.54, 1.807) is 18.2 Å². The van der Waals surface area contributed by atoms with E-state index in [1.165, 1.54) is 18.6 Å². The molecule has 1 heterocycles. The minimum atomic E-state index is -0.896. The molecule has 1 aromatic carbocycles. The molecule has 6 heteroatoms. The molecule has 98 valence electrons. The molecule has 0 aliphatic rings. The highest BCUT2D eigenvalue weighted by Crippen LogP contribution is 2.28. The van der Waals surface area contributed by atoms with Crippen molar-refractivity contribution in [2.24, 2.45) is 16.5 Å². The van der Waals surface area contributed by atoms with Crippen molar-refractivity contribution < 1.29 is 9.50 Å². The van der Waals surface area contributed by atoms with Crippen LogP contribution in [0.2, 0.25) is 0 Å². The van der Waals surface area contributed by atoms with Crippen molar-refractivity contribution in [3.05, 3.63) is 42.0 Å². The number of hydrogen-bond donors (Lipinski definition) is 3. The molecule has 0 saturated carbocycles. The first-order valence-electron chi connectivity index (χ1n) is 5.58. The molecule has 0 saturated heterocycles. The van der Waals surface area contributed by atoms with Crippen LogP contribution < -0.4 is 11.5 Å². The summed E-state index contributed by atoms with van der Waals surface area (Å²) < 4.78 is 12.9. The largest absolute Gasteiger partial charge is 0.504 e. The third-order valence-corrected chi connectivity index (χ3v) is 2.67. The van der Waals surface area contributed by atoms with Gasteiger partial charge in [0.05, 0.1) is 12.0 Å². The highest BCUT2D eigenvalue weighted by molar-refractivity contribution is 5.70. The quantitative estimate of drug-likeness (QED) is 0.444. The summed E-state index contributed by atoms with van der Waals surface area (Å²) in [7, 11) is 0. The predicted molar refractivity (Wildman–Crippen MR) is 71.5 cm³/mol. The lowest BCUT2D eigenvalue weighted by Gasteiger charge is -2.07. The van der Waals surface area contributed by atoms with Crippen LogP contribution in [0.25, 0.3) is 11.1 Å². The lowest BCUT2D eigenvalue weighted by Crippen LogP contribution is -1.98. The molecular formula is C13H13FN4O. The Bertz CT molecular complexity index is 628. The van der Waals surface area contributed by atoms with E-state index < -0.39 is 11.7 Å². The molecule has 5 nitrogen and oxygen atoms in total. The van der Waals surface area contributed by atoms with E-state index in [0.29, 0.717) is 17.8 Å². The smallest absolute Gasteiger partial charge is 0.255 e. The van der Waals surface area contributed by atoms with E-state index in [0.717, 1.165) is 11.1 Å². The fourth-order valence-corrected chi connectivity index (χ4v) is 1.73. The molecule has 2 aromatic rings. The van der Waals surface area contributed by atoms with E-state index in [1.807, 2.05) is 0 Å². The monoisotopic (exact) mass is 260 g/mol. The zero-order chi connectivity index (χ0) is 13.8. The van der Waals surface area contributed by atoms with Gasteiger partial charge in [-0.25, -0.2) is 9.98 Å². The summed E-state index contributed by atoms with van der Waals surface area (Å²) in [6.07, 6.45) is 2.54. The topological polar surface area (TPSA) is 97.5 Å². The van der Waals surface area contributed by atoms with Gasteiger partial charge in [-0.1, -0.05) is 6.07 Å². The number of nitrogens with zero attached hydrogens (tertiary/aromatic N) is 2.